The van der Waals surface area contributed by atoms with E-state index in [-0.39, 0.29) is 6.61 Å². The van der Waals surface area contributed by atoms with Crippen molar-refractivity contribution in [3.8, 4) is 5.75 Å². The Morgan fingerprint density at radius 2 is 2.06 bits per heavy atom. The molecule has 16 heavy (non-hydrogen) atoms. The fraction of sp³-hybridized carbons (Fsp3) is 0.300. The van der Waals surface area contributed by atoms with Gasteiger partial charge in [0.1, 0.15) is 5.75 Å². The topological polar surface area (TPSA) is 76.0 Å². The standard InChI is InChI=1S/C10H13BO5/c1-7-3-8(11(13)14)5-9(4-7)16-6-10(12)15-2/h3-5,13-14H,6H2,1-2H3. The number of benzene rings is 1. The monoisotopic (exact) mass is 224 g/mol. The Kier molecular flexibility index (Phi) is 4.33. The Morgan fingerprint density at radius 3 is 2.62 bits per heavy atom. The van der Waals surface area contributed by atoms with Crippen LogP contribution < -0.4 is 10.2 Å². The molecule has 1 rings (SSSR count). The zero-order valence-electron chi connectivity index (χ0n) is 9.14. The zero-order chi connectivity index (χ0) is 12.1. The van der Waals surface area contributed by atoms with Crippen molar-refractivity contribution in [1.82, 2.24) is 0 Å². The average Bonchev–Trinajstić information content (AvgIpc) is 2.25. The molecule has 0 fully saturated rings. The molecule has 0 aliphatic carbocycles. The highest BCUT2D eigenvalue weighted by Gasteiger charge is 2.13. The van der Waals surface area contributed by atoms with Gasteiger partial charge in [-0.05, 0) is 30.1 Å². The first-order chi connectivity index (χ1) is 7.52. The van der Waals surface area contributed by atoms with E-state index in [1.54, 1.807) is 19.1 Å². The van der Waals surface area contributed by atoms with E-state index in [2.05, 4.69) is 4.74 Å². The number of aryl methyl sites for hydroxylation is 1. The van der Waals surface area contributed by atoms with Crippen molar-refractivity contribution >= 4 is 18.6 Å². The lowest BCUT2D eigenvalue weighted by Gasteiger charge is -2.08. The van der Waals surface area contributed by atoms with E-state index in [9.17, 15) is 4.79 Å². The van der Waals surface area contributed by atoms with Gasteiger partial charge in [0.2, 0.25) is 0 Å². The molecule has 0 bridgehead atoms. The van der Waals surface area contributed by atoms with E-state index in [1.807, 2.05) is 0 Å². The van der Waals surface area contributed by atoms with E-state index in [1.165, 1.54) is 13.2 Å². The zero-order valence-corrected chi connectivity index (χ0v) is 9.14. The number of esters is 1. The van der Waals surface area contributed by atoms with Crippen LogP contribution in [0, 0.1) is 6.92 Å². The van der Waals surface area contributed by atoms with Gasteiger partial charge < -0.3 is 19.5 Å². The van der Waals surface area contributed by atoms with Gasteiger partial charge in [-0.1, -0.05) is 6.07 Å². The van der Waals surface area contributed by atoms with Gasteiger partial charge in [0.15, 0.2) is 6.61 Å². The minimum Gasteiger partial charge on any atom is -0.482 e. The van der Waals surface area contributed by atoms with E-state index in [0.29, 0.717) is 11.2 Å². The van der Waals surface area contributed by atoms with Gasteiger partial charge in [-0.2, -0.15) is 0 Å². The first-order valence-corrected chi connectivity index (χ1v) is 4.70. The van der Waals surface area contributed by atoms with Crippen LogP contribution in [-0.2, 0) is 9.53 Å². The van der Waals surface area contributed by atoms with Crippen molar-refractivity contribution < 1.29 is 24.3 Å². The first kappa shape index (κ1) is 12.5. The quantitative estimate of drug-likeness (QED) is 0.518. The van der Waals surface area contributed by atoms with Crippen LogP contribution in [0.1, 0.15) is 5.56 Å². The summed E-state index contributed by atoms with van der Waals surface area (Å²) in [5, 5.41) is 18.0. The Balaban J connectivity index is 2.76. The molecule has 0 unspecified atom stereocenters. The summed E-state index contributed by atoms with van der Waals surface area (Å²) < 4.78 is 9.55. The molecule has 6 heteroatoms. The summed E-state index contributed by atoms with van der Waals surface area (Å²) in [6, 6.07) is 4.77. The number of methoxy groups -OCH3 is 1. The molecule has 86 valence electrons. The van der Waals surface area contributed by atoms with Crippen molar-refractivity contribution in [2.45, 2.75) is 6.92 Å². The Labute approximate surface area is 93.8 Å². The van der Waals surface area contributed by atoms with Crippen molar-refractivity contribution in [1.29, 1.82) is 0 Å². The summed E-state index contributed by atoms with van der Waals surface area (Å²) in [4.78, 5) is 10.8. The molecule has 0 aromatic heterocycles. The number of hydrogen-bond acceptors (Lipinski definition) is 5. The van der Waals surface area contributed by atoms with E-state index < -0.39 is 13.1 Å². The summed E-state index contributed by atoms with van der Waals surface area (Å²) in [7, 11) is -0.287. The van der Waals surface area contributed by atoms with Crippen molar-refractivity contribution in [2.24, 2.45) is 0 Å². The minimum atomic E-state index is -1.56. The summed E-state index contributed by atoms with van der Waals surface area (Å²) in [5.41, 5.74) is 1.13. The average molecular weight is 224 g/mol. The number of rotatable bonds is 4. The van der Waals surface area contributed by atoms with Crippen LogP contribution in [0.25, 0.3) is 0 Å². The molecule has 1 aromatic rings. The maximum absolute atomic E-state index is 10.8. The van der Waals surface area contributed by atoms with Crippen molar-refractivity contribution in [3.63, 3.8) is 0 Å². The van der Waals surface area contributed by atoms with Gasteiger partial charge in [-0.3, -0.25) is 0 Å². The van der Waals surface area contributed by atoms with Gasteiger partial charge in [0, 0.05) is 0 Å². The van der Waals surface area contributed by atoms with Crippen molar-refractivity contribution in [2.75, 3.05) is 13.7 Å². The van der Waals surface area contributed by atoms with Gasteiger partial charge in [0.25, 0.3) is 0 Å². The SMILES string of the molecule is COC(=O)COc1cc(C)cc(B(O)O)c1. The maximum atomic E-state index is 10.8. The second-order valence-corrected chi connectivity index (χ2v) is 3.32. The first-order valence-electron chi connectivity index (χ1n) is 4.70. The molecule has 0 aliphatic heterocycles. The van der Waals surface area contributed by atoms with E-state index in [4.69, 9.17) is 14.8 Å². The predicted octanol–water partition coefficient (Wildman–Crippen LogP) is -0.773. The van der Waals surface area contributed by atoms with Crippen LogP contribution in [0.5, 0.6) is 5.75 Å². The molecule has 0 saturated heterocycles. The van der Waals surface area contributed by atoms with Crippen LogP contribution in [0.15, 0.2) is 18.2 Å². The third-order valence-electron chi connectivity index (χ3n) is 1.96. The molecule has 0 atom stereocenters. The highest BCUT2D eigenvalue weighted by molar-refractivity contribution is 6.58. The molecular weight excluding hydrogens is 211 g/mol. The van der Waals surface area contributed by atoms with Crippen LogP contribution in [0.4, 0.5) is 0 Å². The lowest BCUT2D eigenvalue weighted by Crippen LogP contribution is -2.30. The Morgan fingerprint density at radius 1 is 1.38 bits per heavy atom. The van der Waals surface area contributed by atoms with E-state index in [0.717, 1.165) is 5.56 Å². The number of ether oxygens (including phenoxy) is 2. The van der Waals surface area contributed by atoms with Gasteiger partial charge >= 0.3 is 13.1 Å². The van der Waals surface area contributed by atoms with Crippen LogP contribution in [-0.4, -0.2) is 36.9 Å². The van der Waals surface area contributed by atoms with Crippen LogP contribution in [0.3, 0.4) is 0 Å². The molecule has 0 amide bonds. The fourth-order valence-electron chi connectivity index (χ4n) is 1.21. The molecule has 0 spiro atoms. The lowest BCUT2D eigenvalue weighted by molar-refractivity contribution is -0.142. The van der Waals surface area contributed by atoms with Crippen LogP contribution in [0.2, 0.25) is 0 Å². The second kappa shape index (κ2) is 5.53. The van der Waals surface area contributed by atoms with Gasteiger partial charge in [-0.15, -0.1) is 0 Å². The fourth-order valence-corrected chi connectivity index (χ4v) is 1.21. The molecule has 5 nitrogen and oxygen atoms in total. The summed E-state index contributed by atoms with van der Waals surface area (Å²) in [6.45, 7) is 1.58. The van der Waals surface area contributed by atoms with E-state index >= 15 is 0 Å². The Bertz CT molecular complexity index is 377. The smallest absolute Gasteiger partial charge is 0.482 e. The molecule has 0 radical (unpaired) electrons. The Hall–Kier alpha value is -1.53. The largest absolute Gasteiger partial charge is 0.488 e. The molecular formula is C10H13BO5. The normalized spacial score (nSPS) is 9.75. The summed E-state index contributed by atoms with van der Waals surface area (Å²) in [6.07, 6.45) is 0. The molecule has 1 aromatic carbocycles. The predicted molar refractivity (Wildman–Crippen MR) is 58.5 cm³/mol. The van der Waals surface area contributed by atoms with Gasteiger partial charge in [-0.25, -0.2) is 4.79 Å². The molecule has 2 N–H and O–H groups in total. The lowest BCUT2D eigenvalue weighted by atomic mass is 9.79. The maximum Gasteiger partial charge on any atom is 0.488 e. The number of carbonyl (C=O) groups excluding carboxylic acids is 1. The number of hydrogen-bond donors (Lipinski definition) is 2. The van der Waals surface area contributed by atoms with Crippen molar-refractivity contribution in [3.05, 3.63) is 23.8 Å². The summed E-state index contributed by atoms with van der Waals surface area (Å²) >= 11 is 0. The minimum absolute atomic E-state index is 0.207. The summed E-state index contributed by atoms with van der Waals surface area (Å²) in [5.74, 6) is -0.0962. The third kappa shape index (κ3) is 3.56. The van der Waals surface area contributed by atoms with Crippen LogP contribution >= 0.6 is 0 Å². The highest BCUT2D eigenvalue weighted by atomic mass is 16.6. The number of carbonyl (C=O) groups is 1. The molecule has 0 saturated carbocycles. The second-order valence-electron chi connectivity index (χ2n) is 3.32. The van der Waals surface area contributed by atoms with Gasteiger partial charge in [0.05, 0.1) is 7.11 Å². The third-order valence-corrected chi connectivity index (χ3v) is 1.96. The molecule has 0 heterocycles. The highest BCUT2D eigenvalue weighted by Crippen LogP contribution is 2.11. The molecule has 0 aliphatic rings.